The van der Waals surface area contributed by atoms with E-state index in [4.69, 9.17) is 4.42 Å². The van der Waals surface area contributed by atoms with Crippen molar-refractivity contribution >= 4 is 28.6 Å². The molecule has 1 N–H and O–H groups in total. The summed E-state index contributed by atoms with van der Waals surface area (Å²) in [7, 11) is 0. The standard InChI is InChI=1S/C18H14F3N3O3/c1-2-24-10-11(9-22-24)3-6-16(25)23-12-4-5-13-14(18(19,20)21)8-17(26)27-15(13)7-12/h3-10H,2H2,1H3,(H,23,25)/b6-3+. The molecular formula is C18H14F3N3O3. The summed E-state index contributed by atoms with van der Waals surface area (Å²) in [5.74, 6) is -0.493. The van der Waals surface area contributed by atoms with Crippen molar-refractivity contribution < 1.29 is 22.4 Å². The van der Waals surface area contributed by atoms with Crippen LogP contribution in [-0.4, -0.2) is 15.7 Å². The number of amides is 1. The van der Waals surface area contributed by atoms with Crippen molar-refractivity contribution in [2.45, 2.75) is 19.6 Å². The Hall–Kier alpha value is -3.36. The summed E-state index contributed by atoms with van der Waals surface area (Å²) >= 11 is 0. The van der Waals surface area contributed by atoms with Crippen molar-refractivity contribution in [1.29, 1.82) is 0 Å². The maximum atomic E-state index is 13.0. The summed E-state index contributed by atoms with van der Waals surface area (Å²) in [4.78, 5) is 23.4. The van der Waals surface area contributed by atoms with E-state index in [1.54, 1.807) is 23.2 Å². The number of carbonyl (C=O) groups is 1. The normalized spacial score (nSPS) is 12.0. The fourth-order valence-corrected chi connectivity index (χ4v) is 2.47. The second-order valence-electron chi connectivity index (χ2n) is 5.64. The van der Waals surface area contributed by atoms with E-state index in [0.29, 0.717) is 12.6 Å². The van der Waals surface area contributed by atoms with Crippen molar-refractivity contribution in [2.24, 2.45) is 0 Å². The Morgan fingerprint density at radius 3 is 2.78 bits per heavy atom. The van der Waals surface area contributed by atoms with Crippen LogP contribution in [0.5, 0.6) is 0 Å². The highest BCUT2D eigenvalue weighted by Gasteiger charge is 2.33. The summed E-state index contributed by atoms with van der Waals surface area (Å²) < 4.78 is 45.6. The largest absolute Gasteiger partial charge is 0.423 e. The number of nitrogens with one attached hydrogen (secondary N) is 1. The first kappa shape index (κ1) is 18.4. The number of alkyl halides is 3. The monoisotopic (exact) mass is 377 g/mol. The molecule has 2 aromatic heterocycles. The molecule has 140 valence electrons. The Bertz CT molecular complexity index is 1080. The third kappa shape index (κ3) is 4.25. The lowest BCUT2D eigenvalue weighted by Gasteiger charge is -2.10. The second-order valence-corrected chi connectivity index (χ2v) is 5.64. The molecule has 0 aliphatic carbocycles. The van der Waals surface area contributed by atoms with Crippen molar-refractivity contribution in [2.75, 3.05) is 5.32 Å². The number of hydrogen-bond acceptors (Lipinski definition) is 4. The van der Waals surface area contributed by atoms with E-state index < -0.39 is 23.3 Å². The lowest BCUT2D eigenvalue weighted by atomic mass is 10.1. The number of halogens is 3. The van der Waals surface area contributed by atoms with Crippen LogP contribution in [0.1, 0.15) is 18.1 Å². The maximum Gasteiger partial charge on any atom is 0.417 e. The smallest absolute Gasteiger partial charge is 0.417 e. The predicted molar refractivity (Wildman–Crippen MR) is 93.1 cm³/mol. The zero-order valence-electron chi connectivity index (χ0n) is 14.1. The first-order chi connectivity index (χ1) is 12.8. The third-order valence-electron chi connectivity index (χ3n) is 3.72. The molecular weight excluding hydrogens is 363 g/mol. The molecule has 1 aromatic carbocycles. The maximum absolute atomic E-state index is 13.0. The molecule has 9 heteroatoms. The summed E-state index contributed by atoms with van der Waals surface area (Å²) in [6.07, 6.45) is 1.48. The molecule has 3 rings (SSSR count). The number of rotatable bonds is 4. The number of carbonyl (C=O) groups excluding carboxylic acids is 1. The summed E-state index contributed by atoms with van der Waals surface area (Å²) in [5.41, 5.74) is -1.54. The fraction of sp³-hybridized carbons (Fsp3) is 0.167. The molecule has 6 nitrogen and oxygen atoms in total. The van der Waals surface area contributed by atoms with Gasteiger partial charge in [0.1, 0.15) is 5.58 Å². The fourth-order valence-electron chi connectivity index (χ4n) is 2.47. The zero-order valence-corrected chi connectivity index (χ0v) is 14.1. The van der Waals surface area contributed by atoms with Gasteiger partial charge in [-0.3, -0.25) is 9.48 Å². The van der Waals surface area contributed by atoms with Crippen molar-refractivity contribution in [1.82, 2.24) is 9.78 Å². The number of nitrogens with zero attached hydrogens (tertiary/aromatic N) is 2. The van der Waals surface area contributed by atoms with E-state index >= 15 is 0 Å². The van der Waals surface area contributed by atoms with Crippen LogP contribution >= 0.6 is 0 Å². The predicted octanol–water partition coefficient (Wildman–Crippen LogP) is 3.68. The Morgan fingerprint density at radius 2 is 2.11 bits per heavy atom. The third-order valence-corrected chi connectivity index (χ3v) is 3.72. The lowest BCUT2D eigenvalue weighted by molar-refractivity contribution is -0.136. The molecule has 0 spiro atoms. The molecule has 0 saturated heterocycles. The molecule has 0 aliphatic heterocycles. The minimum absolute atomic E-state index is 0.198. The molecule has 0 fully saturated rings. The molecule has 1 amide bonds. The van der Waals surface area contributed by atoms with Gasteiger partial charge in [-0.1, -0.05) is 0 Å². The topological polar surface area (TPSA) is 77.1 Å². The Morgan fingerprint density at radius 1 is 1.33 bits per heavy atom. The van der Waals surface area contributed by atoms with Gasteiger partial charge in [0.2, 0.25) is 5.91 Å². The number of aryl methyl sites for hydroxylation is 1. The van der Waals surface area contributed by atoms with Crippen LogP contribution in [0.4, 0.5) is 18.9 Å². The number of aromatic nitrogens is 2. The van der Waals surface area contributed by atoms with Gasteiger partial charge in [-0.25, -0.2) is 4.79 Å². The van der Waals surface area contributed by atoms with Gasteiger partial charge < -0.3 is 9.73 Å². The molecule has 0 saturated carbocycles. The molecule has 2 heterocycles. The quantitative estimate of drug-likeness (QED) is 0.556. The van der Waals surface area contributed by atoms with Gasteiger partial charge in [0.25, 0.3) is 0 Å². The van der Waals surface area contributed by atoms with E-state index in [-0.39, 0.29) is 16.7 Å². The van der Waals surface area contributed by atoms with Crippen molar-refractivity contribution in [3.05, 3.63) is 64.3 Å². The Balaban J connectivity index is 1.83. The lowest BCUT2D eigenvalue weighted by Crippen LogP contribution is -2.11. The highest BCUT2D eigenvalue weighted by molar-refractivity contribution is 6.02. The first-order valence-corrected chi connectivity index (χ1v) is 7.93. The van der Waals surface area contributed by atoms with Gasteiger partial charge in [0.05, 0.1) is 11.8 Å². The summed E-state index contributed by atoms with van der Waals surface area (Å²) in [6.45, 7) is 2.62. The molecule has 27 heavy (non-hydrogen) atoms. The summed E-state index contributed by atoms with van der Waals surface area (Å²) in [6, 6.07) is 4.02. The Kier molecular flexibility index (Phi) is 4.85. The van der Waals surface area contributed by atoms with Gasteiger partial charge in [0.15, 0.2) is 0 Å². The molecule has 0 radical (unpaired) electrons. The van der Waals surface area contributed by atoms with Gasteiger partial charge in [-0.2, -0.15) is 18.3 Å². The van der Waals surface area contributed by atoms with Gasteiger partial charge in [-0.05, 0) is 25.1 Å². The molecule has 3 aromatic rings. The minimum Gasteiger partial charge on any atom is -0.423 e. The molecule has 0 bridgehead atoms. The van der Waals surface area contributed by atoms with Crippen molar-refractivity contribution in [3.8, 4) is 0 Å². The van der Waals surface area contributed by atoms with Gasteiger partial charge in [-0.15, -0.1) is 0 Å². The second kappa shape index (κ2) is 7.10. The van der Waals surface area contributed by atoms with Crippen LogP contribution in [0.15, 0.2) is 51.9 Å². The van der Waals surface area contributed by atoms with Gasteiger partial charge in [0, 0.05) is 47.6 Å². The zero-order chi connectivity index (χ0) is 19.6. The summed E-state index contributed by atoms with van der Waals surface area (Å²) in [5, 5.41) is 6.31. The Labute approximate surface area is 150 Å². The molecule has 0 unspecified atom stereocenters. The van der Waals surface area contributed by atoms with Crippen LogP contribution < -0.4 is 10.9 Å². The number of fused-ring (bicyclic) bond motifs is 1. The van der Waals surface area contributed by atoms with Crippen LogP contribution in [-0.2, 0) is 17.5 Å². The SMILES string of the molecule is CCn1cc(/C=C/C(=O)Nc2ccc3c(C(F)(F)F)cc(=O)oc3c2)cn1. The minimum atomic E-state index is -4.69. The van der Waals surface area contributed by atoms with Crippen LogP contribution in [0, 0.1) is 0 Å². The van der Waals surface area contributed by atoms with E-state index in [2.05, 4.69) is 10.4 Å². The van der Waals surface area contributed by atoms with E-state index in [9.17, 15) is 22.8 Å². The number of hydrogen-bond donors (Lipinski definition) is 1. The van der Waals surface area contributed by atoms with E-state index in [0.717, 1.165) is 11.6 Å². The van der Waals surface area contributed by atoms with Crippen LogP contribution in [0.25, 0.3) is 17.0 Å². The van der Waals surface area contributed by atoms with Gasteiger partial charge >= 0.3 is 11.8 Å². The van der Waals surface area contributed by atoms with E-state index in [1.807, 2.05) is 6.92 Å². The average molecular weight is 377 g/mol. The highest BCUT2D eigenvalue weighted by Crippen LogP contribution is 2.34. The highest BCUT2D eigenvalue weighted by atomic mass is 19.4. The average Bonchev–Trinajstić information content (AvgIpc) is 3.06. The van der Waals surface area contributed by atoms with Crippen molar-refractivity contribution in [3.63, 3.8) is 0 Å². The van der Waals surface area contributed by atoms with Crippen LogP contribution in [0.2, 0.25) is 0 Å². The first-order valence-electron chi connectivity index (χ1n) is 7.93. The molecule has 0 aliphatic rings. The van der Waals surface area contributed by atoms with E-state index in [1.165, 1.54) is 18.2 Å². The molecule has 0 atom stereocenters. The number of anilines is 1. The number of benzene rings is 1. The van der Waals surface area contributed by atoms with Crippen LogP contribution in [0.3, 0.4) is 0 Å².